The Hall–Kier alpha value is -0.730. The first kappa shape index (κ1) is 16.3. The molecule has 0 fully saturated rings. The van der Waals surface area contributed by atoms with E-state index >= 15 is 0 Å². The molecule has 0 rings (SSSR count). The Morgan fingerprint density at radius 3 is 1.65 bits per heavy atom. The number of nitrogens with one attached hydrogen (secondary N) is 1. The monoisotopic (exact) mass is 242 g/mol. The van der Waals surface area contributed by atoms with Crippen LogP contribution in [0.5, 0.6) is 0 Å². The number of nitrogens with zero attached hydrogens (tertiary/aromatic N) is 1. The van der Waals surface area contributed by atoms with Gasteiger partial charge in [0.05, 0.1) is 0 Å². The Bertz CT molecular complexity index is 214. The smallest absolute Gasteiger partial charge is 0.317 e. The van der Waals surface area contributed by atoms with Gasteiger partial charge in [0.2, 0.25) is 0 Å². The topological polar surface area (TPSA) is 32.3 Å². The minimum atomic E-state index is 0.0774. The van der Waals surface area contributed by atoms with Crippen LogP contribution in [-0.2, 0) is 0 Å². The molecule has 0 bridgehead atoms. The first-order chi connectivity index (χ1) is 7.73. The number of hydrogen-bond acceptors (Lipinski definition) is 1. The van der Waals surface area contributed by atoms with Gasteiger partial charge < -0.3 is 10.2 Å². The first-order valence-electron chi connectivity index (χ1n) is 6.79. The molecule has 0 aliphatic heterocycles. The highest BCUT2D eigenvalue weighted by Crippen LogP contribution is 2.06. The van der Waals surface area contributed by atoms with Gasteiger partial charge in [-0.2, -0.15) is 0 Å². The molecule has 1 atom stereocenters. The lowest BCUT2D eigenvalue weighted by molar-refractivity contribution is 0.177. The largest absolute Gasteiger partial charge is 0.335 e. The SMILES string of the molecule is CC(C)CN(CC(C)C)C(=O)NC(C)C(C)C. The number of amides is 2. The summed E-state index contributed by atoms with van der Waals surface area (Å²) >= 11 is 0. The standard InChI is InChI=1S/C14H30N2O/c1-10(2)8-16(9-11(3)4)14(17)15-13(7)12(5)6/h10-13H,8-9H2,1-7H3,(H,15,17). The fourth-order valence-electron chi connectivity index (χ4n) is 1.57. The maximum absolute atomic E-state index is 12.1. The molecule has 102 valence electrons. The van der Waals surface area contributed by atoms with Gasteiger partial charge in [0.1, 0.15) is 0 Å². The van der Waals surface area contributed by atoms with Crippen LogP contribution < -0.4 is 5.32 Å². The van der Waals surface area contributed by atoms with Crippen molar-refractivity contribution in [1.29, 1.82) is 0 Å². The maximum atomic E-state index is 12.1. The average molecular weight is 242 g/mol. The van der Waals surface area contributed by atoms with Crippen LogP contribution in [0.25, 0.3) is 0 Å². The van der Waals surface area contributed by atoms with E-state index in [1.54, 1.807) is 0 Å². The summed E-state index contributed by atoms with van der Waals surface area (Å²) in [5.41, 5.74) is 0. The molecule has 3 heteroatoms. The molecule has 0 aromatic rings. The van der Waals surface area contributed by atoms with Crippen molar-refractivity contribution in [2.24, 2.45) is 17.8 Å². The van der Waals surface area contributed by atoms with Crippen molar-refractivity contribution in [1.82, 2.24) is 10.2 Å². The van der Waals surface area contributed by atoms with Crippen LogP contribution in [0.3, 0.4) is 0 Å². The Labute approximate surface area is 107 Å². The summed E-state index contributed by atoms with van der Waals surface area (Å²) in [6, 6.07) is 0.304. The molecule has 0 saturated heterocycles. The Morgan fingerprint density at radius 1 is 0.941 bits per heavy atom. The van der Waals surface area contributed by atoms with Crippen molar-refractivity contribution in [3.63, 3.8) is 0 Å². The van der Waals surface area contributed by atoms with Crippen molar-refractivity contribution < 1.29 is 4.79 Å². The van der Waals surface area contributed by atoms with E-state index in [-0.39, 0.29) is 12.1 Å². The number of rotatable bonds is 6. The molecule has 0 aliphatic carbocycles. The molecule has 1 N–H and O–H groups in total. The zero-order chi connectivity index (χ0) is 13.6. The van der Waals surface area contributed by atoms with Gasteiger partial charge in [0, 0.05) is 19.1 Å². The summed E-state index contributed by atoms with van der Waals surface area (Å²) in [5, 5.41) is 3.08. The van der Waals surface area contributed by atoms with E-state index in [1.165, 1.54) is 0 Å². The van der Waals surface area contributed by atoms with Crippen molar-refractivity contribution in [2.45, 2.75) is 54.5 Å². The first-order valence-corrected chi connectivity index (χ1v) is 6.79. The van der Waals surface area contributed by atoms with E-state index in [9.17, 15) is 4.79 Å². The summed E-state index contributed by atoms with van der Waals surface area (Å²) in [6.45, 7) is 16.5. The number of hydrogen-bond donors (Lipinski definition) is 1. The summed E-state index contributed by atoms with van der Waals surface area (Å²) < 4.78 is 0. The molecule has 0 heterocycles. The van der Waals surface area contributed by atoms with Crippen LogP contribution in [0.2, 0.25) is 0 Å². The van der Waals surface area contributed by atoms with Gasteiger partial charge in [-0.1, -0.05) is 41.5 Å². The Morgan fingerprint density at radius 2 is 1.35 bits per heavy atom. The summed E-state index contributed by atoms with van der Waals surface area (Å²) in [6.07, 6.45) is 0. The molecule has 2 amide bonds. The molecule has 0 saturated carbocycles. The molecule has 0 radical (unpaired) electrons. The summed E-state index contributed by atoms with van der Waals surface area (Å²) in [7, 11) is 0. The van der Waals surface area contributed by atoms with Crippen LogP contribution in [0.1, 0.15) is 48.5 Å². The fourth-order valence-corrected chi connectivity index (χ4v) is 1.57. The van der Waals surface area contributed by atoms with Crippen LogP contribution in [0.4, 0.5) is 4.79 Å². The normalized spacial score (nSPS) is 13.3. The van der Waals surface area contributed by atoms with E-state index < -0.39 is 0 Å². The van der Waals surface area contributed by atoms with Crippen LogP contribution in [0, 0.1) is 17.8 Å². The van der Waals surface area contributed by atoms with E-state index in [1.807, 2.05) is 4.90 Å². The molecular weight excluding hydrogens is 212 g/mol. The quantitative estimate of drug-likeness (QED) is 0.761. The van der Waals surface area contributed by atoms with Gasteiger partial charge in [-0.15, -0.1) is 0 Å². The highest BCUT2D eigenvalue weighted by Gasteiger charge is 2.18. The van der Waals surface area contributed by atoms with Crippen molar-refractivity contribution in [2.75, 3.05) is 13.1 Å². The van der Waals surface area contributed by atoms with E-state index in [0.717, 1.165) is 13.1 Å². The molecular formula is C14H30N2O. The lowest BCUT2D eigenvalue weighted by Gasteiger charge is -2.29. The Balaban J connectivity index is 4.41. The average Bonchev–Trinajstić information content (AvgIpc) is 2.14. The van der Waals surface area contributed by atoms with Gasteiger partial charge in [0.15, 0.2) is 0 Å². The van der Waals surface area contributed by atoms with Crippen LogP contribution >= 0.6 is 0 Å². The molecule has 0 aliphatic rings. The lowest BCUT2D eigenvalue weighted by atomic mass is 10.1. The van der Waals surface area contributed by atoms with Gasteiger partial charge in [-0.25, -0.2) is 4.79 Å². The van der Waals surface area contributed by atoms with Gasteiger partial charge in [0.25, 0.3) is 0 Å². The van der Waals surface area contributed by atoms with Crippen molar-refractivity contribution >= 4 is 6.03 Å². The van der Waals surface area contributed by atoms with E-state index in [4.69, 9.17) is 0 Å². The molecule has 3 nitrogen and oxygen atoms in total. The van der Waals surface area contributed by atoms with Crippen molar-refractivity contribution in [3.05, 3.63) is 0 Å². The number of carbonyl (C=O) groups is 1. The third kappa shape index (κ3) is 7.24. The van der Waals surface area contributed by atoms with Gasteiger partial charge >= 0.3 is 6.03 Å². The van der Waals surface area contributed by atoms with Crippen LogP contribution in [-0.4, -0.2) is 30.1 Å². The number of carbonyl (C=O) groups excluding carboxylic acids is 1. The molecule has 0 spiro atoms. The summed E-state index contributed by atoms with van der Waals surface area (Å²) in [5.74, 6) is 1.49. The highest BCUT2D eigenvalue weighted by atomic mass is 16.2. The minimum Gasteiger partial charge on any atom is -0.335 e. The second-order valence-corrected chi connectivity index (χ2v) is 6.17. The minimum absolute atomic E-state index is 0.0774. The molecule has 17 heavy (non-hydrogen) atoms. The lowest BCUT2D eigenvalue weighted by Crippen LogP contribution is -2.47. The predicted molar refractivity (Wildman–Crippen MR) is 74.1 cm³/mol. The zero-order valence-corrected chi connectivity index (χ0v) is 12.6. The predicted octanol–water partition coefficient (Wildman–Crippen LogP) is 3.35. The fraction of sp³-hybridized carbons (Fsp3) is 0.929. The second kappa shape index (κ2) is 7.57. The van der Waals surface area contributed by atoms with Crippen molar-refractivity contribution in [3.8, 4) is 0 Å². The van der Waals surface area contributed by atoms with Gasteiger partial charge in [-0.05, 0) is 24.7 Å². The summed E-state index contributed by atoms with van der Waals surface area (Å²) in [4.78, 5) is 14.1. The molecule has 0 aromatic heterocycles. The third-order valence-corrected chi connectivity index (χ3v) is 2.81. The van der Waals surface area contributed by atoms with Crippen LogP contribution in [0.15, 0.2) is 0 Å². The second-order valence-electron chi connectivity index (χ2n) is 6.17. The zero-order valence-electron chi connectivity index (χ0n) is 12.6. The molecule has 1 unspecified atom stereocenters. The van der Waals surface area contributed by atoms with E-state index in [0.29, 0.717) is 17.8 Å². The molecule has 0 aromatic carbocycles. The van der Waals surface area contributed by atoms with Gasteiger partial charge in [-0.3, -0.25) is 0 Å². The third-order valence-electron chi connectivity index (χ3n) is 2.81. The Kier molecular flexibility index (Phi) is 7.24. The maximum Gasteiger partial charge on any atom is 0.317 e. The van der Waals surface area contributed by atoms with E-state index in [2.05, 4.69) is 53.8 Å². The number of urea groups is 1. The highest BCUT2D eigenvalue weighted by molar-refractivity contribution is 5.74.